The van der Waals surface area contributed by atoms with Gasteiger partial charge >= 0.3 is 0 Å². The van der Waals surface area contributed by atoms with Crippen LogP contribution in [-0.2, 0) is 6.54 Å². The van der Waals surface area contributed by atoms with Crippen molar-refractivity contribution in [3.05, 3.63) is 71.7 Å². The van der Waals surface area contributed by atoms with Gasteiger partial charge in [-0.05, 0) is 54.8 Å². The van der Waals surface area contributed by atoms with Crippen molar-refractivity contribution in [2.75, 3.05) is 13.1 Å². The summed E-state index contributed by atoms with van der Waals surface area (Å²) in [4.78, 5) is 18.0. The highest BCUT2D eigenvalue weighted by Crippen LogP contribution is 2.17. The molecule has 134 valence electrons. The van der Waals surface area contributed by atoms with Crippen molar-refractivity contribution in [1.29, 1.82) is 0 Å². The molecule has 2 aromatic carbocycles. The van der Waals surface area contributed by atoms with Gasteiger partial charge in [-0.1, -0.05) is 12.1 Å². The van der Waals surface area contributed by atoms with Gasteiger partial charge in [0.15, 0.2) is 0 Å². The first-order valence-corrected chi connectivity index (χ1v) is 9.02. The van der Waals surface area contributed by atoms with Crippen LogP contribution in [0.15, 0.2) is 54.7 Å². The molecule has 1 aliphatic rings. The number of aromatic amines is 1. The fourth-order valence-corrected chi connectivity index (χ4v) is 3.55. The lowest BCUT2D eigenvalue weighted by atomic mass is 10.0. The van der Waals surface area contributed by atoms with E-state index in [9.17, 15) is 9.18 Å². The number of aromatic nitrogens is 1. The van der Waals surface area contributed by atoms with Crippen LogP contribution in [0.25, 0.3) is 10.9 Å². The molecule has 0 unspecified atom stereocenters. The number of rotatable bonds is 4. The fourth-order valence-electron chi connectivity index (χ4n) is 3.55. The SMILES string of the molecule is O=C(NC1CCN(Cc2ccc(F)cc2)CC1)c1ccc2[nH]ccc2c1. The summed E-state index contributed by atoms with van der Waals surface area (Å²) in [6, 6.07) is 14.6. The van der Waals surface area contributed by atoms with E-state index in [-0.39, 0.29) is 17.8 Å². The minimum atomic E-state index is -0.201. The number of piperidine rings is 1. The van der Waals surface area contributed by atoms with E-state index in [2.05, 4.69) is 15.2 Å². The van der Waals surface area contributed by atoms with Crippen LogP contribution in [0, 0.1) is 5.82 Å². The minimum Gasteiger partial charge on any atom is -0.361 e. The number of carbonyl (C=O) groups excluding carboxylic acids is 1. The third-order valence-corrected chi connectivity index (χ3v) is 5.06. The number of carbonyl (C=O) groups is 1. The number of halogens is 1. The first kappa shape index (κ1) is 16.8. The third kappa shape index (κ3) is 3.78. The van der Waals surface area contributed by atoms with E-state index < -0.39 is 0 Å². The van der Waals surface area contributed by atoms with Crippen LogP contribution in [0.1, 0.15) is 28.8 Å². The summed E-state index contributed by atoms with van der Waals surface area (Å²) in [6.07, 6.45) is 3.74. The number of benzene rings is 2. The summed E-state index contributed by atoms with van der Waals surface area (Å²) < 4.78 is 13.0. The molecule has 4 nitrogen and oxygen atoms in total. The molecule has 0 aliphatic carbocycles. The average Bonchev–Trinajstić information content (AvgIpc) is 3.13. The first-order valence-electron chi connectivity index (χ1n) is 9.02. The molecule has 0 bridgehead atoms. The zero-order valence-electron chi connectivity index (χ0n) is 14.5. The van der Waals surface area contributed by atoms with Crippen LogP contribution in [-0.4, -0.2) is 34.9 Å². The zero-order chi connectivity index (χ0) is 17.9. The van der Waals surface area contributed by atoms with Gasteiger partial charge in [-0.3, -0.25) is 9.69 Å². The average molecular weight is 351 g/mol. The van der Waals surface area contributed by atoms with Crippen molar-refractivity contribution < 1.29 is 9.18 Å². The Kier molecular flexibility index (Phi) is 4.71. The largest absolute Gasteiger partial charge is 0.361 e. The molecule has 1 aliphatic heterocycles. The number of amides is 1. The Bertz CT molecular complexity index is 895. The summed E-state index contributed by atoms with van der Waals surface area (Å²) in [5.74, 6) is -0.210. The molecule has 2 heterocycles. The number of H-pyrrole nitrogens is 1. The molecular formula is C21H22FN3O. The van der Waals surface area contributed by atoms with Gasteiger partial charge in [-0.2, -0.15) is 0 Å². The third-order valence-electron chi connectivity index (χ3n) is 5.06. The van der Waals surface area contributed by atoms with Crippen LogP contribution >= 0.6 is 0 Å². The molecule has 4 rings (SSSR count). The number of nitrogens with zero attached hydrogens (tertiary/aromatic N) is 1. The second kappa shape index (κ2) is 7.30. The van der Waals surface area contributed by atoms with Crippen molar-refractivity contribution in [3.8, 4) is 0 Å². The van der Waals surface area contributed by atoms with E-state index in [1.807, 2.05) is 42.6 Å². The minimum absolute atomic E-state index is 0.00918. The standard InChI is InChI=1S/C21H22FN3O/c22-18-4-1-15(2-5-18)14-25-11-8-19(9-12-25)24-21(26)17-3-6-20-16(13-17)7-10-23-20/h1-7,10,13,19,23H,8-9,11-12,14H2,(H,24,26). The summed E-state index contributed by atoms with van der Waals surface area (Å²) in [5, 5.41) is 4.21. The Balaban J connectivity index is 1.30. The molecule has 1 aromatic heterocycles. The Labute approximate surface area is 152 Å². The number of fused-ring (bicyclic) bond motifs is 1. The van der Waals surface area contributed by atoms with E-state index >= 15 is 0 Å². The van der Waals surface area contributed by atoms with Crippen molar-refractivity contribution in [2.24, 2.45) is 0 Å². The molecule has 1 amide bonds. The highest BCUT2D eigenvalue weighted by atomic mass is 19.1. The second-order valence-electron chi connectivity index (χ2n) is 6.93. The highest BCUT2D eigenvalue weighted by molar-refractivity contribution is 5.98. The lowest BCUT2D eigenvalue weighted by Crippen LogP contribution is -2.44. The van der Waals surface area contributed by atoms with Gasteiger partial charge < -0.3 is 10.3 Å². The topological polar surface area (TPSA) is 48.1 Å². The molecule has 1 saturated heterocycles. The molecule has 5 heteroatoms. The Morgan fingerprint density at radius 2 is 1.88 bits per heavy atom. The number of nitrogens with one attached hydrogen (secondary N) is 2. The predicted molar refractivity (Wildman–Crippen MR) is 100 cm³/mol. The Morgan fingerprint density at radius 1 is 1.12 bits per heavy atom. The van der Waals surface area contributed by atoms with E-state index in [0.29, 0.717) is 5.56 Å². The van der Waals surface area contributed by atoms with Gasteiger partial charge in [-0.15, -0.1) is 0 Å². The molecule has 3 aromatic rings. The van der Waals surface area contributed by atoms with Gasteiger partial charge in [0, 0.05) is 48.3 Å². The van der Waals surface area contributed by atoms with Crippen LogP contribution in [0.4, 0.5) is 4.39 Å². The predicted octanol–water partition coefficient (Wildman–Crippen LogP) is 3.70. The van der Waals surface area contributed by atoms with Gasteiger partial charge in [0.1, 0.15) is 5.82 Å². The van der Waals surface area contributed by atoms with E-state index in [0.717, 1.165) is 48.9 Å². The maximum atomic E-state index is 13.0. The molecule has 0 spiro atoms. The van der Waals surface area contributed by atoms with E-state index in [4.69, 9.17) is 0 Å². The zero-order valence-corrected chi connectivity index (χ0v) is 14.5. The number of hydrogen-bond acceptors (Lipinski definition) is 2. The van der Waals surface area contributed by atoms with Crippen LogP contribution in [0.3, 0.4) is 0 Å². The molecule has 2 N–H and O–H groups in total. The first-order chi connectivity index (χ1) is 12.7. The lowest BCUT2D eigenvalue weighted by Gasteiger charge is -2.32. The smallest absolute Gasteiger partial charge is 0.251 e. The summed E-state index contributed by atoms with van der Waals surface area (Å²) >= 11 is 0. The Hall–Kier alpha value is -2.66. The molecule has 0 radical (unpaired) electrons. The number of likely N-dealkylation sites (tertiary alicyclic amines) is 1. The van der Waals surface area contributed by atoms with Crippen molar-refractivity contribution >= 4 is 16.8 Å². The van der Waals surface area contributed by atoms with Gasteiger partial charge in [0.05, 0.1) is 0 Å². The molecule has 26 heavy (non-hydrogen) atoms. The van der Waals surface area contributed by atoms with Crippen molar-refractivity contribution in [2.45, 2.75) is 25.4 Å². The van der Waals surface area contributed by atoms with Crippen LogP contribution in [0.5, 0.6) is 0 Å². The van der Waals surface area contributed by atoms with Crippen molar-refractivity contribution in [1.82, 2.24) is 15.2 Å². The fraction of sp³-hybridized carbons (Fsp3) is 0.286. The summed E-state index contributed by atoms with van der Waals surface area (Å²) in [6.45, 7) is 2.68. The molecular weight excluding hydrogens is 329 g/mol. The molecule has 0 saturated carbocycles. The van der Waals surface area contributed by atoms with Crippen LogP contribution < -0.4 is 5.32 Å². The van der Waals surface area contributed by atoms with Gasteiger partial charge in [0.2, 0.25) is 0 Å². The summed E-state index contributed by atoms with van der Waals surface area (Å²) in [5.41, 5.74) is 2.86. The van der Waals surface area contributed by atoms with E-state index in [1.165, 1.54) is 12.1 Å². The second-order valence-corrected chi connectivity index (χ2v) is 6.93. The maximum Gasteiger partial charge on any atom is 0.251 e. The quantitative estimate of drug-likeness (QED) is 0.753. The Morgan fingerprint density at radius 3 is 2.65 bits per heavy atom. The van der Waals surface area contributed by atoms with Gasteiger partial charge in [-0.25, -0.2) is 4.39 Å². The molecule has 0 atom stereocenters. The monoisotopic (exact) mass is 351 g/mol. The normalized spacial score (nSPS) is 16.0. The van der Waals surface area contributed by atoms with E-state index in [1.54, 1.807) is 0 Å². The molecule has 1 fully saturated rings. The maximum absolute atomic E-state index is 13.0. The van der Waals surface area contributed by atoms with Crippen molar-refractivity contribution in [3.63, 3.8) is 0 Å². The van der Waals surface area contributed by atoms with Gasteiger partial charge in [0.25, 0.3) is 5.91 Å². The highest BCUT2D eigenvalue weighted by Gasteiger charge is 2.21. The summed E-state index contributed by atoms with van der Waals surface area (Å²) in [7, 11) is 0. The lowest BCUT2D eigenvalue weighted by molar-refractivity contribution is 0.0909. The number of hydrogen-bond donors (Lipinski definition) is 2. The van der Waals surface area contributed by atoms with Crippen LogP contribution in [0.2, 0.25) is 0 Å².